The number of benzene rings is 2. The number of rotatable bonds is 5. The van der Waals surface area contributed by atoms with Gasteiger partial charge in [-0.3, -0.25) is 9.59 Å². The first-order valence-electron chi connectivity index (χ1n) is 11.1. The number of hydrogen-bond donors (Lipinski definition) is 1. The van der Waals surface area contributed by atoms with Gasteiger partial charge in [-0.05, 0) is 62.1 Å². The zero-order valence-electron chi connectivity index (χ0n) is 18.1. The molecule has 2 atom stereocenters. The molecule has 2 aromatic carbocycles. The Morgan fingerprint density at radius 2 is 1.77 bits per heavy atom. The van der Waals surface area contributed by atoms with Gasteiger partial charge in [0.2, 0.25) is 5.91 Å². The first kappa shape index (κ1) is 20.8. The smallest absolute Gasteiger partial charge is 0.242 e. The van der Waals surface area contributed by atoms with Crippen LogP contribution in [0.25, 0.3) is 0 Å². The molecule has 1 amide bonds. The van der Waals surface area contributed by atoms with Gasteiger partial charge in [0.25, 0.3) is 0 Å². The Hall–Kier alpha value is -2.46. The molecule has 2 aliphatic rings. The van der Waals surface area contributed by atoms with Crippen LogP contribution in [-0.2, 0) is 4.79 Å². The van der Waals surface area contributed by atoms with E-state index in [1.165, 1.54) is 16.7 Å². The van der Waals surface area contributed by atoms with E-state index in [0.29, 0.717) is 19.5 Å². The second-order valence-corrected chi connectivity index (χ2v) is 9.36. The molecule has 1 aliphatic carbocycles. The SMILES string of the molecule is Cc1ccc(C2CC(CC(=O)c3ccccc3)CN(C(=O)C3(N)CCC3)C2)cc1C. The summed E-state index contributed by atoms with van der Waals surface area (Å²) in [5.41, 5.74) is 10.2. The molecule has 0 spiro atoms. The van der Waals surface area contributed by atoms with Gasteiger partial charge in [0.15, 0.2) is 5.78 Å². The van der Waals surface area contributed by atoms with Crippen LogP contribution >= 0.6 is 0 Å². The zero-order chi connectivity index (χ0) is 21.3. The molecule has 0 radical (unpaired) electrons. The molecule has 2 N–H and O–H groups in total. The largest absolute Gasteiger partial charge is 0.340 e. The monoisotopic (exact) mass is 404 g/mol. The van der Waals surface area contributed by atoms with Crippen LogP contribution in [0, 0.1) is 19.8 Å². The van der Waals surface area contributed by atoms with Crippen LogP contribution in [0.4, 0.5) is 0 Å². The molecule has 2 fully saturated rings. The van der Waals surface area contributed by atoms with Crippen molar-refractivity contribution in [2.45, 2.75) is 57.4 Å². The van der Waals surface area contributed by atoms with Crippen LogP contribution < -0.4 is 5.73 Å². The number of ketones is 1. The molecule has 1 saturated carbocycles. The van der Waals surface area contributed by atoms with E-state index < -0.39 is 5.54 Å². The van der Waals surface area contributed by atoms with E-state index in [-0.39, 0.29) is 23.5 Å². The van der Waals surface area contributed by atoms with Gasteiger partial charge in [0, 0.05) is 31.0 Å². The molecule has 158 valence electrons. The summed E-state index contributed by atoms with van der Waals surface area (Å²) in [6, 6.07) is 16.0. The van der Waals surface area contributed by atoms with E-state index in [9.17, 15) is 9.59 Å². The van der Waals surface area contributed by atoms with Crippen molar-refractivity contribution in [3.05, 3.63) is 70.8 Å². The van der Waals surface area contributed by atoms with Crippen LogP contribution in [0.15, 0.2) is 48.5 Å². The first-order chi connectivity index (χ1) is 14.4. The molecule has 4 heteroatoms. The Bertz CT molecular complexity index is 933. The van der Waals surface area contributed by atoms with Crippen molar-refractivity contribution in [3.8, 4) is 0 Å². The highest BCUT2D eigenvalue weighted by Gasteiger charge is 2.45. The minimum atomic E-state index is -0.695. The molecule has 30 heavy (non-hydrogen) atoms. The number of carbonyl (C=O) groups excluding carboxylic acids is 2. The van der Waals surface area contributed by atoms with Crippen molar-refractivity contribution in [3.63, 3.8) is 0 Å². The highest BCUT2D eigenvalue weighted by atomic mass is 16.2. The minimum absolute atomic E-state index is 0.0689. The first-order valence-corrected chi connectivity index (χ1v) is 11.1. The fourth-order valence-corrected chi connectivity index (χ4v) is 4.87. The van der Waals surface area contributed by atoms with Gasteiger partial charge < -0.3 is 10.6 Å². The number of amides is 1. The Morgan fingerprint density at radius 3 is 2.40 bits per heavy atom. The average molecular weight is 405 g/mol. The maximum absolute atomic E-state index is 13.2. The van der Waals surface area contributed by atoms with E-state index in [4.69, 9.17) is 5.73 Å². The maximum atomic E-state index is 13.2. The van der Waals surface area contributed by atoms with Crippen LogP contribution in [0.1, 0.15) is 65.1 Å². The molecule has 4 nitrogen and oxygen atoms in total. The Balaban J connectivity index is 1.56. The molecular formula is C26H32N2O2. The number of piperidine rings is 1. The van der Waals surface area contributed by atoms with Gasteiger partial charge >= 0.3 is 0 Å². The quantitative estimate of drug-likeness (QED) is 0.752. The minimum Gasteiger partial charge on any atom is -0.340 e. The second-order valence-electron chi connectivity index (χ2n) is 9.36. The van der Waals surface area contributed by atoms with Crippen LogP contribution in [0.2, 0.25) is 0 Å². The lowest BCUT2D eigenvalue weighted by molar-refractivity contribution is -0.142. The number of aryl methyl sites for hydroxylation is 2. The topological polar surface area (TPSA) is 63.4 Å². The van der Waals surface area contributed by atoms with Crippen molar-refractivity contribution >= 4 is 11.7 Å². The van der Waals surface area contributed by atoms with Crippen molar-refractivity contribution in [2.24, 2.45) is 11.7 Å². The summed E-state index contributed by atoms with van der Waals surface area (Å²) in [5.74, 6) is 0.601. The van der Waals surface area contributed by atoms with E-state index in [2.05, 4.69) is 32.0 Å². The van der Waals surface area contributed by atoms with E-state index >= 15 is 0 Å². The van der Waals surface area contributed by atoms with Gasteiger partial charge in [0.05, 0.1) is 5.54 Å². The van der Waals surface area contributed by atoms with Crippen LogP contribution in [0.5, 0.6) is 0 Å². The third-order valence-electron chi connectivity index (χ3n) is 7.07. The third kappa shape index (κ3) is 4.20. The lowest BCUT2D eigenvalue weighted by Gasteiger charge is -2.45. The number of nitrogens with two attached hydrogens (primary N) is 1. The van der Waals surface area contributed by atoms with E-state index in [0.717, 1.165) is 31.2 Å². The third-order valence-corrected chi connectivity index (χ3v) is 7.07. The summed E-state index contributed by atoms with van der Waals surface area (Å²) in [6.45, 7) is 5.56. The highest BCUT2D eigenvalue weighted by molar-refractivity contribution is 5.96. The Morgan fingerprint density at radius 1 is 1.03 bits per heavy atom. The molecular weight excluding hydrogens is 372 g/mol. The van der Waals surface area contributed by atoms with Crippen LogP contribution in [-0.4, -0.2) is 35.2 Å². The fourth-order valence-electron chi connectivity index (χ4n) is 4.87. The summed E-state index contributed by atoms with van der Waals surface area (Å²) < 4.78 is 0. The molecule has 0 bridgehead atoms. The van der Waals surface area contributed by atoms with E-state index in [1.807, 2.05) is 35.2 Å². The summed E-state index contributed by atoms with van der Waals surface area (Å²) in [5, 5.41) is 0. The molecule has 1 aliphatic heterocycles. The predicted molar refractivity (Wildman–Crippen MR) is 120 cm³/mol. The van der Waals surface area contributed by atoms with Gasteiger partial charge in [-0.15, -0.1) is 0 Å². The van der Waals surface area contributed by atoms with Crippen molar-refractivity contribution in [1.29, 1.82) is 0 Å². The fraction of sp³-hybridized carbons (Fsp3) is 0.462. The van der Waals surface area contributed by atoms with Crippen molar-refractivity contribution in [1.82, 2.24) is 4.90 Å². The van der Waals surface area contributed by atoms with Gasteiger partial charge in [-0.25, -0.2) is 0 Å². The molecule has 1 saturated heterocycles. The standard InChI is InChI=1S/C26H32N2O2/c1-18-9-10-22(13-19(18)2)23-14-20(15-24(29)21-7-4-3-5-8-21)16-28(17-23)25(30)26(27)11-6-12-26/h3-5,7-10,13,20,23H,6,11-12,14-17,27H2,1-2H3. The summed E-state index contributed by atoms with van der Waals surface area (Å²) in [6.07, 6.45) is 3.94. The second kappa shape index (κ2) is 8.35. The molecule has 1 heterocycles. The summed E-state index contributed by atoms with van der Waals surface area (Å²) >= 11 is 0. The molecule has 2 unspecified atom stereocenters. The number of carbonyl (C=O) groups is 2. The predicted octanol–water partition coefficient (Wildman–Crippen LogP) is 4.39. The number of nitrogens with zero attached hydrogens (tertiary/aromatic N) is 1. The summed E-state index contributed by atoms with van der Waals surface area (Å²) in [7, 11) is 0. The average Bonchev–Trinajstić information content (AvgIpc) is 2.73. The van der Waals surface area contributed by atoms with Gasteiger partial charge in [0.1, 0.15) is 0 Å². The van der Waals surface area contributed by atoms with Crippen molar-refractivity contribution in [2.75, 3.05) is 13.1 Å². The number of Topliss-reactive ketones (excluding diaryl/α,β-unsaturated/α-hetero) is 1. The lowest BCUT2D eigenvalue weighted by Crippen LogP contribution is -2.61. The maximum Gasteiger partial charge on any atom is 0.242 e. The van der Waals surface area contributed by atoms with E-state index in [1.54, 1.807) is 0 Å². The van der Waals surface area contributed by atoms with Crippen molar-refractivity contribution < 1.29 is 9.59 Å². The van der Waals surface area contributed by atoms with Gasteiger partial charge in [-0.1, -0.05) is 48.5 Å². The van der Waals surface area contributed by atoms with Gasteiger partial charge in [-0.2, -0.15) is 0 Å². The molecule has 2 aromatic rings. The Labute approximate surface area is 179 Å². The van der Waals surface area contributed by atoms with Crippen LogP contribution in [0.3, 0.4) is 0 Å². The molecule has 0 aromatic heterocycles. The lowest BCUT2D eigenvalue weighted by atomic mass is 9.75. The normalized spacial score (nSPS) is 23.0. The molecule has 4 rings (SSSR count). The zero-order valence-corrected chi connectivity index (χ0v) is 18.1. The summed E-state index contributed by atoms with van der Waals surface area (Å²) in [4.78, 5) is 28.0. The Kier molecular flexibility index (Phi) is 5.79. The number of likely N-dealkylation sites (tertiary alicyclic amines) is 1. The number of hydrogen-bond acceptors (Lipinski definition) is 3. The highest BCUT2D eigenvalue weighted by Crippen LogP contribution is 2.37.